The van der Waals surface area contributed by atoms with E-state index in [1.807, 2.05) is 6.08 Å². The van der Waals surface area contributed by atoms with Crippen LogP contribution in [0.3, 0.4) is 0 Å². The van der Waals surface area contributed by atoms with Gasteiger partial charge in [-0.25, -0.2) is 0 Å². The Balaban J connectivity index is 1.35. The van der Waals surface area contributed by atoms with Crippen LogP contribution in [0.5, 0.6) is 0 Å². The molecule has 7 heteroatoms. The van der Waals surface area contributed by atoms with Gasteiger partial charge in [-0.3, -0.25) is 9.59 Å². The van der Waals surface area contributed by atoms with E-state index in [1.165, 1.54) is 5.57 Å². The lowest BCUT2D eigenvalue weighted by Crippen LogP contribution is -2.59. The molecule has 4 fully saturated rings. The van der Waals surface area contributed by atoms with Gasteiger partial charge in [0.25, 0.3) is 0 Å². The van der Waals surface area contributed by atoms with Crippen molar-refractivity contribution in [2.75, 3.05) is 6.61 Å². The van der Waals surface area contributed by atoms with Crippen LogP contribution in [-0.4, -0.2) is 35.0 Å². The van der Waals surface area contributed by atoms with Gasteiger partial charge in [0.1, 0.15) is 6.61 Å². The summed E-state index contributed by atoms with van der Waals surface area (Å²) in [5, 5.41) is 9.96. The van der Waals surface area contributed by atoms with E-state index in [4.69, 9.17) is 13.9 Å². The third-order valence-corrected chi connectivity index (χ3v) is 9.85. The molecule has 172 valence electrons. The highest BCUT2D eigenvalue weighted by Crippen LogP contribution is 2.69. The zero-order chi connectivity index (χ0) is 22.3. The third-order valence-electron chi connectivity index (χ3n) is 9.42. The van der Waals surface area contributed by atoms with Crippen molar-refractivity contribution in [2.24, 2.45) is 29.1 Å². The number of hydrogen-bond donors (Lipinski definition) is 1. The molecule has 0 bridgehead atoms. The minimum Gasteiger partial charge on any atom is -0.449 e. The molecule has 8 atom stereocenters. The molecule has 4 aliphatic carbocycles. The number of aliphatic hydroxyl groups excluding tert-OH is 1. The average molecular weight is 501 g/mol. The molecule has 0 amide bonds. The van der Waals surface area contributed by atoms with Crippen molar-refractivity contribution in [2.45, 2.75) is 69.9 Å². The largest absolute Gasteiger partial charge is 0.449 e. The van der Waals surface area contributed by atoms with Gasteiger partial charge in [-0.15, -0.1) is 0 Å². The summed E-state index contributed by atoms with van der Waals surface area (Å²) in [5.41, 5.74) is -0.204. The van der Waals surface area contributed by atoms with Crippen LogP contribution >= 0.6 is 15.9 Å². The maximum atomic E-state index is 13.3. The molecular weight excluding hydrogens is 472 g/mol. The van der Waals surface area contributed by atoms with E-state index in [9.17, 15) is 14.7 Å². The Hall–Kier alpha value is -1.28. The summed E-state index contributed by atoms with van der Waals surface area (Å²) in [6.45, 7) is 1.63. The van der Waals surface area contributed by atoms with Crippen molar-refractivity contribution >= 4 is 27.5 Å². The van der Waals surface area contributed by atoms with E-state index < -0.39 is 30.0 Å². The Bertz CT molecular complexity index is 998. The molecule has 6 nitrogen and oxygen atoms in total. The first-order chi connectivity index (χ1) is 15.4. The van der Waals surface area contributed by atoms with Gasteiger partial charge in [0.15, 0.2) is 27.6 Å². The Morgan fingerprint density at radius 2 is 2.06 bits per heavy atom. The standard InChI is InChI=1S/C25H29BrO6/c1-24-9-8-16-15-5-3-14(28)10-13(15)2-4-17(16)18(24)11-21-25(24,20(29)12-27)32-23(31-21)19-6-7-22(26)30-19/h6-7,10,15-18,21,23,27H,2-5,8-9,11-12H2,1H3/t15-,16+,17+,18-,21+,23+,24-,25+/m0/s1/i26-4. The summed E-state index contributed by atoms with van der Waals surface area (Å²) in [7, 11) is 0. The lowest BCUT2D eigenvalue weighted by molar-refractivity contribution is -0.188. The van der Waals surface area contributed by atoms with Crippen LogP contribution in [0.2, 0.25) is 0 Å². The summed E-state index contributed by atoms with van der Waals surface area (Å²) in [6.07, 6.45) is 7.04. The van der Waals surface area contributed by atoms with Crippen LogP contribution in [0, 0.1) is 29.1 Å². The second kappa shape index (κ2) is 7.36. The van der Waals surface area contributed by atoms with Gasteiger partial charge in [0.2, 0.25) is 6.29 Å². The van der Waals surface area contributed by atoms with Crippen molar-refractivity contribution in [3.8, 4) is 0 Å². The van der Waals surface area contributed by atoms with Gasteiger partial charge in [0, 0.05) is 11.8 Å². The molecule has 3 saturated carbocycles. The number of furan rings is 1. The summed E-state index contributed by atoms with van der Waals surface area (Å²) in [4.78, 5) is 25.3. The number of fused-ring (bicyclic) bond motifs is 7. The van der Waals surface area contributed by atoms with Gasteiger partial charge in [-0.2, -0.15) is 0 Å². The second-order valence-electron chi connectivity index (χ2n) is 10.5. The number of ether oxygens (including phenoxy) is 2. The van der Waals surface area contributed by atoms with E-state index in [0.29, 0.717) is 40.5 Å². The molecule has 0 radical (unpaired) electrons. The Labute approximate surface area is 195 Å². The van der Waals surface area contributed by atoms with E-state index in [0.717, 1.165) is 38.5 Å². The lowest BCUT2D eigenvalue weighted by Gasteiger charge is -2.55. The molecule has 0 spiro atoms. The van der Waals surface area contributed by atoms with Crippen molar-refractivity contribution in [1.82, 2.24) is 0 Å². The number of hydrogen-bond acceptors (Lipinski definition) is 6. The Kier molecular flexibility index (Phi) is 4.89. The number of allylic oxidation sites excluding steroid dienone is 1. The fourth-order valence-electron chi connectivity index (χ4n) is 8.13. The van der Waals surface area contributed by atoms with Crippen molar-refractivity contribution in [3.63, 3.8) is 0 Å². The maximum Gasteiger partial charge on any atom is 0.218 e. The van der Waals surface area contributed by atoms with E-state index in [1.54, 1.807) is 12.1 Å². The molecule has 2 heterocycles. The number of carbonyl (C=O) groups excluding carboxylic acids is 2. The van der Waals surface area contributed by atoms with E-state index in [2.05, 4.69) is 22.9 Å². The van der Waals surface area contributed by atoms with Crippen LogP contribution in [0.1, 0.15) is 63.9 Å². The number of ketones is 2. The minimum atomic E-state index is -1.15. The molecule has 32 heavy (non-hydrogen) atoms. The predicted octanol–water partition coefficient (Wildman–Crippen LogP) is 4.51. The smallest absolute Gasteiger partial charge is 0.218 e. The fourth-order valence-corrected chi connectivity index (χ4v) is 8.45. The highest BCUT2D eigenvalue weighted by atomic mass is 75.9. The molecular formula is C25H29BrO6. The van der Waals surface area contributed by atoms with Crippen LogP contribution in [0.15, 0.2) is 32.9 Å². The minimum absolute atomic E-state index is 0.274. The molecule has 5 aliphatic rings. The SMILES string of the molecule is C[C@]12CC[C@H]3[C@@H](CCC4=CC(=O)CC[C@@H]43)[C@@H]1C[C@H]1O[C@@H](c3ccc([76Br])o3)O[C@]12C(=O)CO. The topological polar surface area (TPSA) is 86.0 Å². The third kappa shape index (κ3) is 2.74. The lowest BCUT2D eigenvalue weighted by atomic mass is 9.50. The quantitative estimate of drug-likeness (QED) is 0.656. The number of rotatable bonds is 3. The van der Waals surface area contributed by atoms with E-state index >= 15 is 0 Å². The molecule has 1 aliphatic heterocycles. The number of Topliss-reactive ketones (excluding diaryl/α,β-unsaturated/α-hetero) is 1. The summed E-state index contributed by atoms with van der Waals surface area (Å²) in [5.74, 6) is 2.36. The van der Waals surface area contributed by atoms with Gasteiger partial charge in [0.05, 0.1) is 6.10 Å². The van der Waals surface area contributed by atoms with Crippen molar-refractivity contribution in [1.29, 1.82) is 0 Å². The summed E-state index contributed by atoms with van der Waals surface area (Å²) in [6, 6.07) is 3.58. The highest BCUT2D eigenvalue weighted by Gasteiger charge is 2.74. The molecule has 1 N–H and O–H groups in total. The normalized spacial score (nSPS) is 45.0. The second-order valence-corrected chi connectivity index (χ2v) is 11.3. The molecule has 0 unspecified atom stereocenters. The van der Waals surface area contributed by atoms with Crippen molar-refractivity contribution in [3.05, 3.63) is 34.2 Å². The van der Waals surface area contributed by atoms with Gasteiger partial charge in [-0.1, -0.05) is 12.5 Å². The maximum absolute atomic E-state index is 13.3. The molecule has 0 aromatic carbocycles. The van der Waals surface area contributed by atoms with Gasteiger partial charge >= 0.3 is 0 Å². The monoisotopic (exact) mass is 501 g/mol. The van der Waals surface area contributed by atoms with Crippen LogP contribution in [-0.2, 0) is 19.1 Å². The average Bonchev–Trinajstić information content (AvgIpc) is 3.44. The predicted molar refractivity (Wildman–Crippen MR) is 117 cm³/mol. The van der Waals surface area contributed by atoms with Crippen LogP contribution in [0.4, 0.5) is 0 Å². The Morgan fingerprint density at radius 1 is 1.22 bits per heavy atom. The first kappa shape index (κ1) is 21.3. The molecule has 6 rings (SSSR count). The summed E-state index contributed by atoms with van der Waals surface area (Å²) < 4.78 is 19.1. The highest BCUT2D eigenvalue weighted by molar-refractivity contribution is 9.10. The zero-order valence-electron chi connectivity index (χ0n) is 18.2. The van der Waals surface area contributed by atoms with Crippen molar-refractivity contribution < 1.29 is 28.6 Å². The fraction of sp³-hybridized carbons (Fsp3) is 0.680. The molecule has 1 aromatic rings. The van der Waals surface area contributed by atoms with Gasteiger partial charge < -0.3 is 19.0 Å². The number of halogens is 1. The first-order valence-corrected chi connectivity index (χ1v) is 12.6. The molecule has 1 aromatic heterocycles. The first-order valence-electron chi connectivity index (χ1n) is 11.8. The van der Waals surface area contributed by atoms with Gasteiger partial charge in [-0.05, 0) is 96.3 Å². The van der Waals surface area contributed by atoms with Crippen LogP contribution < -0.4 is 0 Å². The van der Waals surface area contributed by atoms with Crippen LogP contribution in [0.25, 0.3) is 0 Å². The zero-order valence-corrected chi connectivity index (χ0v) is 19.8. The molecule has 1 saturated heterocycles. The Morgan fingerprint density at radius 3 is 2.81 bits per heavy atom. The number of carbonyl (C=O) groups is 2. The van der Waals surface area contributed by atoms with E-state index in [-0.39, 0.29) is 11.6 Å². The number of aliphatic hydroxyl groups is 1. The summed E-state index contributed by atoms with van der Waals surface area (Å²) >= 11 is 3.32.